The summed E-state index contributed by atoms with van der Waals surface area (Å²) in [5, 5.41) is 5.64. The average Bonchev–Trinajstić information content (AvgIpc) is 2.93. The lowest BCUT2D eigenvalue weighted by Gasteiger charge is -2.36. The Balaban J connectivity index is 1.73. The third-order valence-corrected chi connectivity index (χ3v) is 4.42. The molecule has 1 aliphatic heterocycles. The Labute approximate surface area is 118 Å². The number of nitrogens with one attached hydrogen (secondary N) is 1. The van der Waals surface area contributed by atoms with Crippen molar-refractivity contribution in [2.24, 2.45) is 0 Å². The summed E-state index contributed by atoms with van der Waals surface area (Å²) in [5.74, 6) is 0. The third kappa shape index (κ3) is 2.89. The van der Waals surface area contributed by atoms with Gasteiger partial charge in [0.25, 0.3) is 0 Å². The molecule has 19 heavy (non-hydrogen) atoms. The highest BCUT2D eigenvalue weighted by atomic mass is 32.1. The van der Waals surface area contributed by atoms with E-state index in [4.69, 9.17) is 4.74 Å². The molecule has 1 N–H and O–H groups in total. The van der Waals surface area contributed by atoms with Crippen LogP contribution < -0.4 is 5.32 Å². The van der Waals surface area contributed by atoms with Gasteiger partial charge in [-0.1, -0.05) is 30.3 Å². The van der Waals surface area contributed by atoms with Gasteiger partial charge in [0.05, 0.1) is 12.7 Å². The molecule has 100 valence electrons. The Morgan fingerprint density at radius 1 is 1.21 bits per heavy atom. The number of rotatable bonds is 2. The van der Waals surface area contributed by atoms with Gasteiger partial charge in [-0.3, -0.25) is 0 Å². The maximum atomic E-state index is 5.95. The lowest BCUT2D eigenvalue weighted by atomic mass is 10.0. The van der Waals surface area contributed by atoms with Crippen LogP contribution in [-0.4, -0.2) is 18.7 Å². The van der Waals surface area contributed by atoms with Crippen LogP contribution in [0.5, 0.6) is 0 Å². The maximum absolute atomic E-state index is 5.95. The zero-order chi connectivity index (χ0) is 13.3. The van der Waals surface area contributed by atoms with E-state index in [0.717, 1.165) is 13.2 Å². The van der Waals surface area contributed by atoms with Gasteiger partial charge < -0.3 is 10.1 Å². The second-order valence-electron chi connectivity index (χ2n) is 5.66. The second-order valence-corrected chi connectivity index (χ2v) is 6.61. The number of ether oxygens (including phenoxy) is 1. The summed E-state index contributed by atoms with van der Waals surface area (Å²) in [6.07, 6.45) is 0.172. The van der Waals surface area contributed by atoms with Crippen molar-refractivity contribution in [2.45, 2.75) is 25.5 Å². The molecule has 1 aromatic heterocycles. The van der Waals surface area contributed by atoms with Crippen LogP contribution in [0.4, 0.5) is 0 Å². The van der Waals surface area contributed by atoms with Crippen LogP contribution in [-0.2, 0) is 4.74 Å². The Hall–Kier alpha value is -1.16. The van der Waals surface area contributed by atoms with Gasteiger partial charge in [0.15, 0.2) is 0 Å². The molecule has 0 spiro atoms. The van der Waals surface area contributed by atoms with Crippen LogP contribution in [0.1, 0.15) is 25.5 Å². The van der Waals surface area contributed by atoms with Gasteiger partial charge in [-0.2, -0.15) is 0 Å². The smallest absolute Gasteiger partial charge is 0.0950 e. The van der Waals surface area contributed by atoms with E-state index in [0.29, 0.717) is 0 Å². The summed E-state index contributed by atoms with van der Waals surface area (Å²) >= 11 is 1.77. The highest BCUT2D eigenvalue weighted by Crippen LogP contribution is 2.28. The quantitative estimate of drug-likeness (QED) is 0.897. The Morgan fingerprint density at radius 3 is 2.58 bits per heavy atom. The minimum absolute atomic E-state index is 0.0907. The minimum Gasteiger partial charge on any atom is -0.370 e. The summed E-state index contributed by atoms with van der Waals surface area (Å²) in [4.78, 5) is 1.32. The van der Waals surface area contributed by atoms with Gasteiger partial charge >= 0.3 is 0 Å². The number of hydrogen-bond acceptors (Lipinski definition) is 3. The molecule has 0 radical (unpaired) electrons. The van der Waals surface area contributed by atoms with Gasteiger partial charge in [-0.25, -0.2) is 0 Å². The van der Waals surface area contributed by atoms with Gasteiger partial charge in [0.2, 0.25) is 0 Å². The molecule has 2 heterocycles. The molecule has 1 fully saturated rings. The van der Waals surface area contributed by atoms with Gasteiger partial charge in [-0.05, 0) is 36.4 Å². The summed E-state index contributed by atoms with van der Waals surface area (Å²) in [6.45, 7) is 5.97. The SMILES string of the molecule is CC1(C)COC(c2ccc(-c3cccs3)cc2)CN1. The van der Waals surface area contributed by atoms with Crippen molar-refractivity contribution < 1.29 is 4.74 Å². The first-order chi connectivity index (χ1) is 9.14. The summed E-state index contributed by atoms with van der Waals surface area (Å²) < 4.78 is 5.95. The summed E-state index contributed by atoms with van der Waals surface area (Å²) in [5.41, 5.74) is 2.62. The molecule has 1 aliphatic rings. The summed E-state index contributed by atoms with van der Waals surface area (Å²) in [6, 6.07) is 13.0. The molecule has 0 bridgehead atoms. The fourth-order valence-electron chi connectivity index (χ4n) is 2.31. The van der Waals surface area contributed by atoms with E-state index in [1.165, 1.54) is 16.0 Å². The molecule has 0 amide bonds. The fraction of sp³-hybridized carbons (Fsp3) is 0.375. The molecule has 3 rings (SSSR count). The van der Waals surface area contributed by atoms with E-state index in [1.807, 2.05) is 0 Å². The minimum atomic E-state index is 0.0907. The van der Waals surface area contributed by atoms with Gasteiger partial charge in [-0.15, -0.1) is 11.3 Å². The first kappa shape index (κ1) is 12.9. The van der Waals surface area contributed by atoms with Crippen molar-refractivity contribution in [3.63, 3.8) is 0 Å². The van der Waals surface area contributed by atoms with E-state index >= 15 is 0 Å². The monoisotopic (exact) mass is 273 g/mol. The van der Waals surface area contributed by atoms with Crippen LogP contribution >= 0.6 is 11.3 Å². The molecule has 1 unspecified atom stereocenters. The third-order valence-electron chi connectivity index (χ3n) is 3.50. The van der Waals surface area contributed by atoms with Crippen molar-refractivity contribution >= 4 is 11.3 Å². The molecule has 2 nitrogen and oxygen atoms in total. The Kier molecular flexibility index (Phi) is 3.44. The molecule has 2 aromatic rings. The number of morpholine rings is 1. The summed E-state index contributed by atoms with van der Waals surface area (Å²) in [7, 11) is 0. The highest BCUT2D eigenvalue weighted by molar-refractivity contribution is 7.13. The lowest BCUT2D eigenvalue weighted by Crippen LogP contribution is -2.50. The topological polar surface area (TPSA) is 21.3 Å². The van der Waals surface area contributed by atoms with Crippen molar-refractivity contribution in [3.8, 4) is 10.4 Å². The lowest BCUT2D eigenvalue weighted by molar-refractivity contribution is -0.0228. The molecule has 3 heteroatoms. The maximum Gasteiger partial charge on any atom is 0.0950 e. The average molecular weight is 273 g/mol. The predicted molar refractivity (Wildman–Crippen MR) is 80.5 cm³/mol. The highest BCUT2D eigenvalue weighted by Gasteiger charge is 2.27. The number of hydrogen-bond donors (Lipinski definition) is 1. The molecule has 1 atom stereocenters. The van der Waals surface area contributed by atoms with E-state index in [2.05, 4.69) is 60.9 Å². The molecule has 0 aliphatic carbocycles. The zero-order valence-corrected chi connectivity index (χ0v) is 12.2. The van der Waals surface area contributed by atoms with Crippen LogP contribution in [0.15, 0.2) is 41.8 Å². The normalized spacial score (nSPS) is 22.3. The van der Waals surface area contributed by atoms with Crippen LogP contribution in [0, 0.1) is 0 Å². The number of benzene rings is 1. The number of thiophene rings is 1. The molecular weight excluding hydrogens is 254 g/mol. The first-order valence-electron chi connectivity index (χ1n) is 6.64. The fourth-order valence-corrected chi connectivity index (χ4v) is 3.04. The van der Waals surface area contributed by atoms with Crippen LogP contribution in [0.2, 0.25) is 0 Å². The van der Waals surface area contributed by atoms with Crippen molar-refractivity contribution in [2.75, 3.05) is 13.2 Å². The van der Waals surface area contributed by atoms with E-state index in [1.54, 1.807) is 11.3 Å². The molecule has 1 saturated heterocycles. The van der Waals surface area contributed by atoms with Gasteiger partial charge in [0.1, 0.15) is 0 Å². The van der Waals surface area contributed by atoms with Crippen LogP contribution in [0.3, 0.4) is 0 Å². The Morgan fingerprint density at radius 2 is 2.00 bits per heavy atom. The van der Waals surface area contributed by atoms with Crippen molar-refractivity contribution in [1.82, 2.24) is 5.32 Å². The van der Waals surface area contributed by atoms with E-state index in [-0.39, 0.29) is 11.6 Å². The van der Waals surface area contributed by atoms with Crippen molar-refractivity contribution in [1.29, 1.82) is 0 Å². The largest absolute Gasteiger partial charge is 0.370 e. The van der Waals surface area contributed by atoms with Gasteiger partial charge in [0, 0.05) is 17.0 Å². The predicted octanol–water partition coefficient (Wildman–Crippen LogP) is 3.85. The van der Waals surface area contributed by atoms with Crippen LogP contribution in [0.25, 0.3) is 10.4 Å². The molecule has 0 saturated carbocycles. The van der Waals surface area contributed by atoms with E-state index < -0.39 is 0 Å². The second kappa shape index (κ2) is 5.08. The molecule has 1 aromatic carbocycles. The molecular formula is C16H19NOS. The standard InChI is InChI=1S/C16H19NOS/c1-16(2)11-18-14(10-17-16)12-5-7-13(8-6-12)15-4-3-9-19-15/h3-9,14,17H,10-11H2,1-2H3. The van der Waals surface area contributed by atoms with Crippen molar-refractivity contribution in [3.05, 3.63) is 47.3 Å². The Bertz CT molecular complexity index is 520. The van der Waals surface area contributed by atoms with E-state index in [9.17, 15) is 0 Å². The first-order valence-corrected chi connectivity index (χ1v) is 7.52. The zero-order valence-electron chi connectivity index (χ0n) is 11.3.